The Balaban J connectivity index is 1.56. The summed E-state index contributed by atoms with van der Waals surface area (Å²) in [6.45, 7) is 12.1. The van der Waals surface area contributed by atoms with E-state index in [2.05, 4.69) is 36.6 Å². The quantitative estimate of drug-likeness (QED) is 0.117. The fraction of sp³-hybridized carbons (Fsp3) is 0.742. The minimum absolute atomic E-state index is 0.0599. The zero-order valence-corrected chi connectivity index (χ0v) is 25.8. The van der Waals surface area contributed by atoms with Crippen LogP contribution in [0.2, 0.25) is 0 Å². The number of rotatable bonds is 9. The number of hydrazine groups is 1. The predicted molar refractivity (Wildman–Crippen MR) is 159 cm³/mol. The molecular weight excluding hydrogens is 542 g/mol. The van der Waals surface area contributed by atoms with Gasteiger partial charge < -0.3 is 19.5 Å². The van der Waals surface area contributed by atoms with Crippen LogP contribution in [0.25, 0.3) is 0 Å². The molecule has 0 unspecified atom stereocenters. The van der Waals surface area contributed by atoms with Crippen LogP contribution in [-0.2, 0) is 28.6 Å². The van der Waals surface area contributed by atoms with E-state index >= 15 is 0 Å². The van der Waals surface area contributed by atoms with Crippen LogP contribution in [-0.4, -0.2) is 54.4 Å². The molecule has 9 nitrogen and oxygen atoms in total. The summed E-state index contributed by atoms with van der Waals surface area (Å²) in [5.74, 6) is -0.836. The van der Waals surface area contributed by atoms with Gasteiger partial charge in [-0.2, -0.15) is 0 Å². The zero-order chi connectivity index (χ0) is 29.8. The van der Waals surface area contributed by atoms with E-state index in [9.17, 15) is 14.4 Å². The molecule has 6 atom stereocenters. The summed E-state index contributed by atoms with van der Waals surface area (Å²) in [6, 6.07) is 0.0131. The third kappa shape index (κ3) is 7.13. The molecule has 0 bridgehead atoms. The minimum Gasteiger partial charge on any atom is -0.465 e. The predicted octanol–water partition coefficient (Wildman–Crippen LogP) is 4.41. The van der Waals surface area contributed by atoms with Gasteiger partial charge in [-0.25, -0.2) is 10.2 Å². The molecule has 3 saturated carbocycles. The average molecular weight is 590 g/mol. The summed E-state index contributed by atoms with van der Waals surface area (Å²) in [5, 5.41) is 3.94. The van der Waals surface area contributed by atoms with Crippen molar-refractivity contribution < 1.29 is 28.6 Å². The first-order valence-corrected chi connectivity index (χ1v) is 15.5. The van der Waals surface area contributed by atoms with E-state index in [0.29, 0.717) is 29.6 Å². The number of allylic oxidation sites excluding steroid dienone is 1. The molecule has 0 aromatic carbocycles. The van der Waals surface area contributed by atoms with Crippen LogP contribution in [0.4, 0.5) is 0 Å². The molecule has 4 aliphatic rings. The van der Waals surface area contributed by atoms with Gasteiger partial charge in [0, 0.05) is 25.3 Å². The van der Waals surface area contributed by atoms with Gasteiger partial charge in [0.05, 0.1) is 11.6 Å². The lowest BCUT2D eigenvalue weighted by atomic mass is 9.46. The molecule has 0 radical (unpaired) electrons. The lowest BCUT2D eigenvalue weighted by Gasteiger charge is -2.60. The van der Waals surface area contributed by atoms with E-state index in [1.165, 1.54) is 33.1 Å². The molecular formula is C31H47N3O6S. The Hall–Kier alpha value is -2.46. The maximum Gasteiger partial charge on any atom is 0.335 e. The van der Waals surface area contributed by atoms with E-state index in [0.717, 1.165) is 37.7 Å². The highest BCUT2D eigenvalue weighted by Crippen LogP contribution is 2.62. The second kappa shape index (κ2) is 13.2. The van der Waals surface area contributed by atoms with E-state index in [1.54, 1.807) is 0 Å². The molecule has 1 heterocycles. The molecule has 3 fully saturated rings. The molecule has 1 aliphatic heterocycles. The number of nitrogens with one attached hydrogen (secondary N) is 3. The van der Waals surface area contributed by atoms with Crippen LogP contribution in [0.3, 0.4) is 0 Å². The SMILES string of the molecule is C=C1CC[C@@H]2[C@](C)(COC(C)=O)[C@H](OC(C)=O)CC[C@@]2(C)[C@@H]1C[C@H](NNC(=S)NC1CCCCC1)C1=CCOC1=O. The molecule has 0 spiro atoms. The number of hydrogen-bond donors (Lipinski definition) is 3. The smallest absolute Gasteiger partial charge is 0.335 e. The highest BCUT2D eigenvalue weighted by atomic mass is 32.1. The second-order valence-electron chi connectivity index (χ2n) is 12.9. The van der Waals surface area contributed by atoms with Gasteiger partial charge in [0.1, 0.15) is 19.3 Å². The van der Waals surface area contributed by atoms with Crippen molar-refractivity contribution in [3.63, 3.8) is 0 Å². The normalized spacial score (nSPS) is 32.7. The molecule has 3 N–H and O–H groups in total. The molecule has 41 heavy (non-hydrogen) atoms. The number of ether oxygens (including phenoxy) is 3. The second-order valence-corrected chi connectivity index (χ2v) is 13.3. The van der Waals surface area contributed by atoms with Crippen molar-refractivity contribution >= 4 is 35.2 Å². The fourth-order valence-electron chi connectivity index (χ4n) is 8.03. The topological polar surface area (TPSA) is 115 Å². The Morgan fingerprint density at radius 3 is 2.51 bits per heavy atom. The summed E-state index contributed by atoms with van der Waals surface area (Å²) >= 11 is 5.61. The van der Waals surface area contributed by atoms with Gasteiger partial charge in [0.25, 0.3) is 0 Å². The van der Waals surface area contributed by atoms with Crippen molar-refractivity contribution in [2.45, 2.75) is 110 Å². The Bertz CT molecular complexity index is 1070. The van der Waals surface area contributed by atoms with Crippen LogP contribution in [0.1, 0.15) is 91.9 Å². The molecule has 0 aromatic rings. The number of esters is 3. The van der Waals surface area contributed by atoms with Crippen LogP contribution >= 0.6 is 12.2 Å². The average Bonchev–Trinajstić information content (AvgIpc) is 3.34. The molecule has 4 rings (SSSR count). The van der Waals surface area contributed by atoms with Gasteiger partial charge in [0.2, 0.25) is 0 Å². The standard InChI is InChI=1S/C31H47N3O6S/c1-19-11-12-26-30(4,15-13-27(40-21(3)36)31(26,5)18-39-20(2)35)24(19)17-25(23-14-16-38-28(23)37)33-34-29(41)32-22-9-7-6-8-10-22/h14,22,24-27,33H,1,6-13,15-18H2,2-5H3,(H2,32,34,41)/t24-,25+,26+,27-,30+,31+/m1/s1. The van der Waals surface area contributed by atoms with Crippen molar-refractivity contribution in [1.29, 1.82) is 0 Å². The van der Waals surface area contributed by atoms with Crippen molar-refractivity contribution in [2.75, 3.05) is 13.2 Å². The minimum atomic E-state index is -0.554. The van der Waals surface area contributed by atoms with Gasteiger partial charge in [-0.3, -0.25) is 15.0 Å². The van der Waals surface area contributed by atoms with Gasteiger partial charge >= 0.3 is 17.9 Å². The van der Waals surface area contributed by atoms with Crippen molar-refractivity contribution in [2.24, 2.45) is 22.7 Å². The summed E-state index contributed by atoms with van der Waals surface area (Å²) in [6.07, 6.45) is 11.1. The first-order chi connectivity index (χ1) is 19.4. The molecule has 0 amide bonds. The maximum atomic E-state index is 12.7. The zero-order valence-electron chi connectivity index (χ0n) is 25.0. The van der Waals surface area contributed by atoms with Crippen LogP contribution in [0.15, 0.2) is 23.8 Å². The highest BCUT2D eigenvalue weighted by molar-refractivity contribution is 7.80. The van der Waals surface area contributed by atoms with E-state index in [-0.39, 0.29) is 60.5 Å². The number of fused-ring (bicyclic) bond motifs is 1. The Morgan fingerprint density at radius 2 is 1.88 bits per heavy atom. The monoisotopic (exact) mass is 589 g/mol. The van der Waals surface area contributed by atoms with Crippen LogP contribution in [0, 0.1) is 22.7 Å². The Kier molecular flexibility index (Phi) is 10.2. The summed E-state index contributed by atoms with van der Waals surface area (Å²) in [5.41, 5.74) is 7.49. The van der Waals surface area contributed by atoms with Crippen molar-refractivity contribution in [3.05, 3.63) is 23.8 Å². The fourth-order valence-corrected chi connectivity index (χ4v) is 8.26. The number of thiocarbonyl (C=S) groups is 1. The van der Waals surface area contributed by atoms with Crippen molar-refractivity contribution in [3.8, 4) is 0 Å². The lowest BCUT2D eigenvalue weighted by molar-refractivity contribution is -0.192. The van der Waals surface area contributed by atoms with Gasteiger partial charge in [-0.05, 0) is 80.5 Å². The van der Waals surface area contributed by atoms with E-state index in [4.69, 9.17) is 26.4 Å². The number of cyclic esters (lactones) is 1. The molecule has 0 aromatic heterocycles. The number of hydrogen-bond acceptors (Lipinski definition) is 8. The maximum absolute atomic E-state index is 12.7. The summed E-state index contributed by atoms with van der Waals surface area (Å²) < 4.78 is 16.7. The number of carbonyl (C=O) groups excluding carboxylic acids is 3. The Morgan fingerprint density at radius 1 is 1.15 bits per heavy atom. The van der Waals surface area contributed by atoms with Crippen molar-refractivity contribution in [1.82, 2.24) is 16.2 Å². The summed E-state index contributed by atoms with van der Waals surface area (Å²) in [4.78, 5) is 36.6. The largest absolute Gasteiger partial charge is 0.465 e. The van der Waals surface area contributed by atoms with E-state index < -0.39 is 5.41 Å². The third-order valence-electron chi connectivity index (χ3n) is 10.1. The van der Waals surface area contributed by atoms with Crippen LogP contribution < -0.4 is 16.2 Å². The molecule has 3 aliphatic carbocycles. The first kappa shape index (κ1) is 31.5. The lowest BCUT2D eigenvalue weighted by Crippen LogP contribution is -2.60. The van der Waals surface area contributed by atoms with Crippen LogP contribution in [0.5, 0.6) is 0 Å². The first-order valence-electron chi connectivity index (χ1n) is 15.1. The molecule has 10 heteroatoms. The number of carbonyl (C=O) groups is 3. The van der Waals surface area contributed by atoms with Gasteiger partial charge in [-0.1, -0.05) is 45.3 Å². The highest BCUT2D eigenvalue weighted by Gasteiger charge is 2.60. The molecule has 0 saturated heterocycles. The summed E-state index contributed by atoms with van der Waals surface area (Å²) in [7, 11) is 0. The Labute approximate surface area is 249 Å². The van der Waals surface area contributed by atoms with Gasteiger partial charge in [-0.15, -0.1) is 0 Å². The third-order valence-corrected chi connectivity index (χ3v) is 10.3. The molecule has 228 valence electrons. The van der Waals surface area contributed by atoms with Gasteiger partial charge in [0.15, 0.2) is 5.11 Å². The van der Waals surface area contributed by atoms with E-state index in [1.807, 2.05) is 6.08 Å².